The van der Waals surface area contributed by atoms with E-state index in [0.29, 0.717) is 40.3 Å². The summed E-state index contributed by atoms with van der Waals surface area (Å²) in [6, 6.07) is 26.6. The zero-order valence-electron chi connectivity index (χ0n) is 28.2. The van der Waals surface area contributed by atoms with Gasteiger partial charge in [-0.2, -0.15) is 13.2 Å². The van der Waals surface area contributed by atoms with Crippen LogP contribution >= 0.6 is 0 Å². The summed E-state index contributed by atoms with van der Waals surface area (Å²) in [5, 5.41) is 2.65. The number of primary amides is 1. The molecule has 50 heavy (non-hydrogen) atoms. The van der Waals surface area contributed by atoms with Gasteiger partial charge in [-0.05, 0) is 60.0 Å². The van der Waals surface area contributed by atoms with Gasteiger partial charge in [0.1, 0.15) is 24.7 Å². The maximum absolute atomic E-state index is 13.0. The number of aliphatic imine (C=N–C) groups is 1. The largest absolute Gasteiger partial charge is 0.489 e. The monoisotopic (exact) mass is 689 g/mol. The fourth-order valence-corrected chi connectivity index (χ4v) is 4.66. The summed E-state index contributed by atoms with van der Waals surface area (Å²) in [5.74, 6) is 0.211. The Morgan fingerprint density at radius 1 is 0.880 bits per heavy atom. The van der Waals surface area contributed by atoms with E-state index in [4.69, 9.17) is 21.9 Å². The summed E-state index contributed by atoms with van der Waals surface area (Å²) in [7, 11) is 0. The van der Waals surface area contributed by atoms with Gasteiger partial charge in [0.25, 0.3) is 5.91 Å². The number of nitrogens with zero attached hydrogens (tertiary/aromatic N) is 3. The van der Waals surface area contributed by atoms with Crippen molar-refractivity contribution in [2.75, 3.05) is 6.54 Å². The van der Waals surface area contributed by atoms with Gasteiger partial charge in [-0.25, -0.2) is 4.98 Å². The predicted molar refractivity (Wildman–Crippen MR) is 190 cm³/mol. The number of hydrogen-bond acceptors (Lipinski definition) is 5. The zero-order valence-corrected chi connectivity index (χ0v) is 28.2. The van der Waals surface area contributed by atoms with Gasteiger partial charge in [0.15, 0.2) is 5.96 Å². The Labute approximate surface area is 289 Å². The SMILES string of the molecule is CC.CCCN=C(N)N.NC(=O)Cn1c(-c2cccc(OCc3ccccc3)c2)nc2cc(C(=O)NCc3cccc(C(F)(F)F)c3)ccc21. The molecule has 1 heterocycles. The van der Waals surface area contributed by atoms with Crippen molar-refractivity contribution in [2.24, 2.45) is 22.2 Å². The van der Waals surface area contributed by atoms with Crippen LogP contribution in [0.5, 0.6) is 5.75 Å². The van der Waals surface area contributed by atoms with Crippen molar-refractivity contribution in [2.45, 2.75) is 53.1 Å². The van der Waals surface area contributed by atoms with Crippen LogP contribution in [0.15, 0.2) is 102 Å². The first-order chi connectivity index (χ1) is 23.9. The number of carbonyl (C=O) groups is 2. The number of alkyl halides is 3. The Balaban J connectivity index is 0.000000671. The summed E-state index contributed by atoms with van der Waals surface area (Å²) in [5.41, 5.74) is 18.1. The lowest BCUT2D eigenvalue weighted by atomic mass is 10.1. The Bertz CT molecular complexity index is 1890. The number of rotatable bonds is 11. The second-order valence-corrected chi connectivity index (χ2v) is 10.7. The number of aromatic nitrogens is 2. The van der Waals surface area contributed by atoms with Crippen LogP contribution in [0.4, 0.5) is 13.2 Å². The van der Waals surface area contributed by atoms with E-state index >= 15 is 0 Å². The van der Waals surface area contributed by atoms with E-state index in [1.807, 2.05) is 75.4 Å². The molecule has 2 amide bonds. The van der Waals surface area contributed by atoms with Gasteiger partial charge in [-0.3, -0.25) is 14.6 Å². The number of amides is 2. The molecule has 0 aliphatic carbocycles. The number of halogens is 3. The van der Waals surface area contributed by atoms with Crippen molar-refractivity contribution < 1.29 is 27.5 Å². The number of hydrogen-bond donors (Lipinski definition) is 4. The molecule has 1 aromatic heterocycles. The van der Waals surface area contributed by atoms with E-state index in [9.17, 15) is 22.8 Å². The molecule has 0 unspecified atom stereocenters. The first kappa shape index (κ1) is 38.6. The van der Waals surface area contributed by atoms with E-state index in [-0.39, 0.29) is 24.6 Å². The molecule has 0 atom stereocenters. The summed E-state index contributed by atoms with van der Waals surface area (Å²) in [6.45, 7) is 6.91. The average molecular weight is 690 g/mol. The van der Waals surface area contributed by atoms with E-state index < -0.39 is 23.6 Å². The second-order valence-electron chi connectivity index (χ2n) is 10.7. The molecule has 0 spiro atoms. The molecule has 0 bridgehead atoms. The molecule has 4 aromatic carbocycles. The van der Waals surface area contributed by atoms with Crippen molar-refractivity contribution in [1.29, 1.82) is 0 Å². The number of carbonyl (C=O) groups excluding carboxylic acids is 2. The molecular weight excluding hydrogens is 647 g/mol. The zero-order chi connectivity index (χ0) is 36.7. The van der Waals surface area contributed by atoms with Crippen molar-refractivity contribution in [3.05, 3.63) is 119 Å². The topological polar surface area (TPSA) is 164 Å². The van der Waals surface area contributed by atoms with Crippen LogP contribution in [0, 0.1) is 0 Å². The summed E-state index contributed by atoms with van der Waals surface area (Å²) >= 11 is 0. The van der Waals surface area contributed by atoms with Crippen molar-refractivity contribution in [3.63, 3.8) is 0 Å². The number of benzene rings is 4. The number of nitrogens with one attached hydrogen (secondary N) is 1. The van der Waals surface area contributed by atoms with Gasteiger partial charge >= 0.3 is 6.18 Å². The second kappa shape index (κ2) is 18.6. The summed E-state index contributed by atoms with van der Waals surface area (Å²) < 4.78 is 46.7. The third kappa shape index (κ3) is 11.4. The minimum Gasteiger partial charge on any atom is -0.489 e. The van der Waals surface area contributed by atoms with E-state index in [2.05, 4.69) is 15.3 Å². The highest BCUT2D eigenvalue weighted by Crippen LogP contribution is 2.30. The van der Waals surface area contributed by atoms with Crippen LogP contribution in [0.25, 0.3) is 22.4 Å². The van der Waals surface area contributed by atoms with E-state index in [1.54, 1.807) is 22.8 Å². The molecule has 5 rings (SSSR count). The van der Waals surface area contributed by atoms with Crippen LogP contribution in [-0.4, -0.2) is 33.9 Å². The smallest absolute Gasteiger partial charge is 0.416 e. The molecule has 0 fully saturated rings. The van der Waals surface area contributed by atoms with Gasteiger partial charge in [0.2, 0.25) is 5.91 Å². The lowest BCUT2D eigenvalue weighted by Crippen LogP contribution is -2.23. The van der Waals surface area contributed by atoms with Crippen LogP contribution in [0.3, 0.4) is 0 Å². The number of nitrogens with two attached hydrogens (primary N) is 3. The van der Waals surface area contributed by atoms with Crippen LogP contribution < -0.4 is 27.3 Å². The third-order valence-electron chi connectivity index (χ3n) is 6.89. The molecule has 0 aliphatic heterocycles. The van der Waals surface area contributed by atoms with Crippen LogP contribution in [0.1, 0.15) is 54.2 Å². The van der Waals surface area contributed by atoms with Crippen LogP contribution in [0.2, 0.25) is 0 Å². The maximum Gasteiger partial charge on any atom is 0.416 e. The highest BCUT2D eigenvalue weighted by Gasteiger charge is 2.30. The quantitative estimate of drug-likeness (QED) is 0.0925. The summed E-state index contributed by atoms with van der Waals surface area (Å²) in [6.07, 6.45) is -3.47. The van der Waals surface area contributed by atoms with Gasteiger partial charge in [0.05, 0.1) is 16.6 Å². The Hall–Kier alpha value is -5.85. The Morgan fingerprint density at radius 2 is 1.58 bits per heavy atom. The normalized spacial score (nSPS) is 10.6. The van der Waals surface area contributed by atoms with E-state index in [1.165, 1.54) is 12.1 Å². The first-order valence-electron chi connectivity index (χ1n) is 16.0. The molecule has 0 saturated heterocycles. The molecular formula is C37H42F3N7O3. The molecule has 0 saturated carbocycles. The van der Waals surface area contributed by atoms with Crippen molar-refractivity contribution >= 4 is 28.8 Å². The Kier molecular flexibility index (Phi) is 14.4. The highest BCUT2D eigenvalue weighted by atomic mass is 19.4. The lowest BCUT2D eigenvalue weighted by molar-refractivity contribution is -0.137. The highest BCUT2D eigenvalue weighted by molar-refractivity contribution is 5.98. The standard InChI is InChI=1S/C31H25F3N4O3.C4H11N3.C2H6/c32-31(33,34)24-10-4-8-21(14-24)17-36-30(40)23-12-13-27-26(16-23)37-29(38(27)18-28(35)39)22-9-5-11-25(15-22)41-19-20-6-2-1-3-7-20;1-2-3-7-4(5)6;1-2/h1-16H,17-19H2,(H2,35,39)(H,36,40);2-3H2,1H3,(H4,5,6,7);1-2H3. The predicted octanol–water partition coefficient (Wildman–Crippen LogP) is 6.41. The third-order valence-corrected chi connectivity index (χ3v) is 6.89. The lowest BCUT2D eigenvalue weighted by Gasteiger charge is -2.10. The van der Waals surface area contributed by atoms with Crippen molar-refractivity contribution in [3.8, 4) is 17.1 Å². The van der Waals surface area contributed by atoms with Gasteiger partial charge in [-0.1, -0.05) is 75.4 Å². The fourth-order valence-electron chi connectivity index (χ4n) is 4.66. The van der Waals surface area contributed by atoms with Gasteiger partial charge in [-0.15, -0.1) is 0 Å². The molecule has 13 heteroatoms. The number of fused-ring (bicyclic) bond motifs is 1. The Morgan fingerprint density at radius 3 is 2.22 bits per heavy atom. The number of imidazole rings is 1. The van der Waals surface area contributed by atoms with Gasteiger partial charge < -0.3 is 31.8 Å². The molecule has 264 valence electrons. The molecule has 7 N–H and O–H groups in total. The first-order valence-corrected chi connectivity index (χ1v) is 16.0. The maximum atomic E-state index is 13.0. The fraction of sp³-hybridized carbons (Fsp3) is 0.243. The molecule has 5 aromatic rings. The molecule has 0 radical (unpaired) electrons. The van der Waals surface area contributed by atoms with Gasteiger partial charge in [0, 0.05) is 24.2 Å². The number of ether oxygens (including phenoxy) is 1. The minimum absolute atomic E-state index is 0.0854. The minimum atomic E-state index is -4.47. The van der Waals surface area contributed by atoms with Crippen molar-refractivity contribution in [1.82, 2.24) is 14.9 Å². The number of guanidine groups is 1. The van der Waals surface area contributed by atoms with E-state index in [0.717, 1.165) is 30.7 Å². The summed E-state index contributed by atoms with van der Waals surface area (Å²) in [4.78, 5) is 33.2. The van der Waals surface area contributed by atoms with Crippen LogP contribution in [-0.2, 0) is 30.7 Å². The average Bonchev–Trinajstić information content (AvgIpc) is 3.47. The molecule has 0 aliphatic rings. The molecule has 10 nitrogen and oxygen atoms in total.